The summed E-state index contributed by atoms with van der Waals surface area (Å²) in [4.78, 5) is 4.76. The van der Waals surface area contributed by atoms with Gasteiger partial charge in [0.1, 0.15) is 10.8 Å². The Kier molecular flexibility index (Phi) is 6.86. The van der Waals surface area contributed by atoms with Crippen LogP contribution in [0.15, 0.2) is 53.0 Å². The fourth-order valence-corrected chi connectivity index (χ4v) is 5.02. The Balaban J connectivity index is 1.42. The molecule has 0 bridgehead atoms. The predicted octanol–water partition coefficient (Wildman–Crippen LogP) is 6.99. The molecule has 0 amide bonds. The lowest BCUT2D eigenvalue weighted by Crippen LogP contribution is -2.10. The molecule has 160 valence electrons. The Hall–Kier alpha value is -2.06. The number of thiazole rings is 1. The van der Waals surface area contributed by atoms with Gasteiger partial charge in [-0.25, -0.2) is 4.98 Å². The summed E-state index contributed by atoms with van der Waals surface area (Å²) in [5.74, 6) is 1.94. The second kappa shape index (κ2) is 9.61. The first-order valence-electron chi connectivity index (χ1n) is 9.56. The van der Waals surface area contributed by atoms with Crippen LogP contribution >= 0.6 is 46.3 Å². The van der Waals surface area contributed by atoms with Gasteiger partial charge in [-0.15, -0.1) is 21.5 Å². The zero-order chi connectivity index (χ0) is 22.0. The maximum absolute atomic E-state index is 6.21. The molecule has 1 unspecified atom stereocenters. The number of hydrogen-bond donors (Lipinski definition) is 0. The Morgan fingerprint density at radius 2 is 1.90 bits per heavy atom. The van der Waals surface area contributed by atoms with Crippen molar-refractivity contribution in [3.8, 4) is 16.3 Å². The Labute approximate surface area is 199 Å². The van der Waals surface area contributed by atoms with Gasteiger partial charge in [0, 0.05) is 34.8 Å². The summed E-state index contributed by atoms with van der Waals surface area (Å²) in [7, 11) is 1.93. The Morgan fingerprint density at radius 1 is 1.13 bits per heavy atom. The summed E-state index contributed by atoms with van der Waals surface area (Å²) in [5, 5.41) is 13.6. The summed E-state index contributed by atoms with van der Waals surface area (Å²) in [6.07, 6.45) is -0.338. The summed E-state index contributed by atoms with van der Waals surface area (Å²) in [5.41, 5.74) is 3.40. The smallest absolute Gasteiger partial charge is 0.191 e. The van der Waals surface area contributed by atoms with Gasteiger partial charge >= 0.3 is 0 Å². The number of hydrogen-bond acceptors (Lipinski definition) is 6. The third-order valence-electron chi connectivity index (χ3n) is 4.63. The second-order valence-corrected chi connectivity index (χ2v) is 9.68. The van der Waals surface area contributed by atoms with E-state index < -0.39 is 0 Å². The molecule has 0 aliphatic rings. The molecule has 2 aromatic heterocycles. The van der Waals surface area contributed by atoms with Crippen LogP contribution in [0.1, 0.15) is 30.1 Å². The number of nitrogens with zero attached hydrogens (tertiary/aromatic N) is 4. The molecule has 5 nitrogen and oxygen atoms in total. The number of halogens is 2. The average molecular weight is 491 g/mol. The fourth-order valence-electron chi connectivity index (χ4n) is 2.96. The van der Waals surface area contributed by atoms with E-state index in [9.17, 15) is 0 Å². The third-order valence-corrected chi connectivity index (χ3v) is 7.17. The van der Waals surface area contributed by atoms with Crippen molar-refractivity contribution < 1.29 is 4.74 Å². The van der Waals surface area contributed by atoms with Crippen LogP contribution in [0.5, 0.6) is 5.75 Å². The summed E-state index contributed by atoms with van der Waals surface area (Å²) in [6, 6.07) is 13.5. The van der Waals surface area contributed by atoms with E-state index in [2.05, 4.69) is 46.8 Å². The van der Waals surface area contributed by atoms with Crippen LogP contribution in [0.25, 0.3) is 10.6 Å². The molecule has 0 spiro atoms. The monoisotopic (exact) mass is 490 g/mol. The minimum absolute atomic E-state index is 0.338. The van der Waals surface area contributed by atoms with Crippen molar-refractivity contribution in [2.24, 2.45) is 7.05 Å². The molecule has 0 fully saturated rings. The van der Waals surface area contributed by atoms with Crippen molar-refractivity contribution in [3.05, 3.63) is 75.0 Å². The van der Waals surface area contributed by atoms with Crippen LogP contribution in [-0.2, 0) is 12.8 Å². The van der Waals surface area contributed by atoms with Gasteiger partial charge < -0.3 is 9.30 Å². The highest BCUT2D eigenvalue weighted by molar-refractivity contribution is 7.98. The lowest BCUT2D eigenvalue weighted by atomic mass is 10.2. The van der Waals surface area contributed by atoms with Crippen LogP contribution < -0.4 is 4.74 Å². The molecule has 0 N–H and O–H groups in total. The number of benzene rings is 2. The van der Waals surface area contributed by atoms with E-state index >= 15 is 0 Å². The molecule has 31 heavy (non-hydrogen) atoms. The van der Waals surface area contributed by atoms with E-state index in [0.29, 0.717) is 27.4 Å². The van der Waals surface area contributed by atoms with Crippen molar-refractivity contribution in [1.82, 2.24) is 19.7 Å². The molecule has 0 saturated heterocycles. The number of aromatic nitrogens is 4. The summed E-state index contributed by atoms with van der Waals surface area (Å²) >= 11 is 15.5. The van der Waals surface area contributed by atoms with Gasteiger partial charge in [-0.05, 0) is 26.0 Å². The summed E-state index contributed by atoms with van der Waals surface area (Å²) < 4.78 is 7.90. The van der Waals surface area contributed by atoms with E-state index in [1.807, 2.05) is 18.5 Å². The highest BCUT2D eigenvalue weighted by Gasteiger charge is 2.19. The number of aryl methyl sites for hydroxylation is 1. The van der Waals surface area contributed by atoms with Crippen LogP contribution in [0, 0.1) is 6.92 Å². The van der Waals surface area contributed by atoms with Crippen LogP contribution in [0.4, 0.5) is 0 Å². The molecule has 2 aromatic carbocycles. The Morgan fingerprint density at radius 3 is 2.68 bits per heavy atom. The van der Waals surface area contributed by atoms with Crippen molar-refractivity contribution in [2.45, 2.75) is 30.9 Å². The minimum Gasteiger partial charge on any atom is -0.481 e. The molecular formula is C22H20Cl2N4OS2. The van der Waals surface area contributed by atoms with E-state index in [0.717, 1.165) is 21.4 Å². The maximum atomic E-state index is 6.21. The molecule has 4 rings (SSSR count). The molecule has 0 saturated carbocycles. The van der Waals surface area contributed by atoms with Crippen molar-refractivity contribution in [2.75, 3.05) is 0 Å². The zero-order valence-electron chi connectivity index (χ0n) is 17.2. The fraction of sp³-hybridized carbons (Fsp3) is 0.227. The molecule has 0 aliphatic carbocycles. The highest BCUT2D eigenvalue weighted by Crippen LogP contribution is 2.32. The topological polar surface area (TPSA) is 52.8 Å². The van der Waals surface area contributed by atoms with Crippen LogP contribution in [0.3, 0.4) is 0 Å². The minimum atomic E-state index is -0.338. The van der Waals surface area contributed by atoms with E-state index in [1.54, 1.807) is 41.3 Å². The number of rotatable bonds is 7. The molecule has 2 heterocycles. The van der Waals surface area contributed by atoms with E-state index in [1.165, 1.54) is 5.56 Å². The first-order chi connectivity index (χ1) is 14.9. The predicted molar refractivity (Wildman–Crippen MR) is 128 cm³/mol. The SMILES string of the molecule is Cc1ccc(-c2nc(CSc3nnc(C(C)Oc4cc(Cl)ccc4Cl)n3C)cs2)cc1. The lowest BCUT2D eigenvalue weighted by Gasteiger charge is -2.15. The second-order valence-electron chi connectivity index (χ2n) is 7.03. The van der Waals surface area contributed by atoms with Gasteiger partial charge in [0.05, 0.1) is 10.7 Å². The van der Waals surface area contributed by atoms with Gasteiger partial charge in [0.15, 0.2) is 17.1 Å². The maximum Gasteiger partial charge on any atom is 0.191 e. The van der Waals surface area contributed by atoms with Gasteiger partial charge in [0.2, 0.25) is 0 Å². The van der Waals surface area contributed by atoms with Gasteiger partial charge in [0.25, 0.3) is 0 Å². The lowest BCUT2D eigenvalue weighted by molar-refractivity contribution is 0.211. The van der Waals surface area contributed by atoms with Gasteiger partial charge in [-0.2, -0.15) is 0 Å². The largest absolute Gasteiger partial charge is 0.481 e. The van der Waals surface area contributed by atoms with Crippen molar-refractivity contribution in [1.29, 1.82) is 0 Å². The van der Waals surface area contributed by atoms with E-state index in [4.69, 9.17) is 32.9 Å². The standard InChI is InChI=1S/C22H20Cl2N4OS2/c1-13-4-6-15(7-5-13)21-25-17(11-30-21)12-31-22-27-26-20(28(22)3)14(2)29-19-10-16(23)8-9-18(19)24/h4-11,14H,12H2,1-3H3. The first kappa shape index (κ1) is 22.1. The van der Waals surface area contributed by atoms with Crippen LogP contribution in [0.2, 0.25) is 10.0 Å². The van der Waals surface area contributed by atoms with Crippen molar-refractivity contribution >= 4 is 46.3 Å². The van der Waals surface area contributed by atoms with E-state index in [-0.39, 0.29) is 6.10 Å². The molecular weight excluding hydrogens is 471 g/mol. The molecule has 9 heteroatoms. The average Bonchev–Trinajstić information content (AvgIpc) is 3.36. The van der Waals surface area contributed by atoms with Crippen molar-refractivity contribution in [3.63, 3.8) is 0 Å². The van der Waals surface area contributed by atoms with Crippen LogP contribution in [-0.4, -0.2) is 19.7 Å². The quantitative estimate of drug-likeness (QED) is 0.261. The first-order valence-corrected chi connectivity index (χ1v) is 12.2. The third kappa shape index (κ3) is 5.23. The zero-order valence-corrected chi connectivity index (χ0v) is 20.3. The molecule has 4 aromatic rings. The normalized spacial score (nSPS) is 12.2. The molecule has 0 aliphatic heterocycles. The number of thioether (sulfide) groups is 1. The molecule has 0 radical (unpaired) electrons. The molecule has 1 atom stereocenters. The van der Waals surface area contributed by atoms with Gasteiger partial charge in [-0.1, -0.05) is 64.8 Å². The Bertz CT molecular complexity index is 1190. The van der Waals surface area contributed by atoms with Gasteiger partial charge in [-0.3, -0.25) is 0 Å². The number of ether oxygens (including phenoxy) is 1. The summed E-state index contributed by atoms with van der Waals surface area (Å²) in [6.45, 7) is 3.99. The highest BCUT2D eigenvalue weighted by atomic mass is 35.5.